The van der Waals surface area contributed by atoms with Gasteiger partial charge in [0.2, 0.25) is 0 Å². The molecule has 0 aliphatic carbocycles. The number of fused-ring (bicyclic) bond motifs is 1. The van der Waals surface area contributed by atoms with E-state index in [4.69, 9.17) is 4.42 Å². The molecule has 1 aromatic carbocycles. The maximum Gasteiger partial charge on any atom is 0.340 e. The highest BCUT2D eigenvalue weighted by molar-refractivity contribution is 5.78. The summed E-state index contributed by atoms with van der Waals surface area (Å²) in [5.41, 5.74) is 0.669. The summed E-state index contributed by atoms with van der Waals surface area (Å²) in [6.07, 6.45) is 0. The molecule has 0 saturated carbocycles. The molecular formula is C12H13NO3. The van der Waals surface area contributed by atoms with Gasteiger partial charge in [0.15, 0.2) is 0 Å². The van der Waals surface area contributed by atoms with E-state index >= 15 is 0 Å². The molecule has 2 aromatic rings. The minimum Gasteiger partial charge on any atom is -0.508 e. The van der Waals surface area contributed by atoms with Crippen LogP contribution in [-0.2, 0) is 6.54 Å². The normalized spacial score (nSPS) is 11.2. The van der Waals surface area contributed by atoms with Crippen molar-refractivity contribution < 1.29 is 9.52 Å². The second kappa shape index (κ2) is 3.98. The average molecular weight is 219 g/mol. The van der Waals surface area contributed by atoms with Crippen molar-refractivity contribution in [3.05, 3.63) is 40.2 Å². The van der Waals surface area contributed by atoms with Crippen LogP contribution in [0.25, 0.3) is 11.0 Å². The SMILES string of the molecule is CN(C)Cc1cc2ccc(O)cc2oc1=O. The minimum atomic E-state index is -0.355. The first kappa shape index (κ1) is 10.7. The monoisotopic (exact) mass is 219 g/mol. The Bertz CT molecular complexity index is 572. The van der Waals surface area contributed by atoms with Gasteiger partial charge < -0.3 is 14.4 Å². The van der Waals surface area contributed by atoms with E-state index in [-0.39, 0.29) is 11.4 Å². The predicted octanol–water partition coefficient (Wildman–Crippen LogP) is 1.56. The maximum absolute atomic E-state index is 11.6. The third kappa shape index (κ3) is 2.06. The van der Waals surface area contributed by atoms with Gasteiger partial charge in [-0.15, -0.1) is 0 Å². The van der Waals surface area contributed by atoms with E-state index in [0.29, 0.717) is 17.7 Å². The summed E-state index contributed by atoms with van der Waals surface area (Å²) in [5.74, 6) is 0.0935. The summed E-state index contributed by atoms with van der Waals surface area (Å²) in [6.45, 7) is 0.541. The number of phenols is 1. The maximum atomic E-state index is 11.6. The molecule has 0 fully saturated rings. The Labute approximate surface area is 92.7 Å². The van der Waals surface area contributed by atoms with Crippen molar-refractivity contribution in [3.63, 3.8) is 0 Å². The van der Waals surface area contributed by atoms with Gasteiger partial charge in [0.1, 0.15) is 11.3 Å². The van der Waals surface area contributed by atoms with Crippen molar-refractivity contribution in [2.75, 3.05) is 14.1 Å². The second-order valence-corrected chi connectivity index (χ2v) is 4.02. The standard InChI is InChI=1S/C12H13NO3/c1-13(2)7-9-5-8-3-4-10(14)6-11(8)16-12(9)15/h3-6,14H,7H2,1-2H3. The van der Waals surface area contributed by atoms with Crippen LogP contribution in [0.2, 0.25) is 0 Å². The molecule has 0 spiro atoms. The van der Waals surface area contributed by atoms with Gasteiger partial charge in [0.25, 0.3) is 0 Å². The van der Waals surface area contributed by atoms with E-state index < -0.39 is 0 Å². The van der Waals surface area contributed by atoms with Gasteiger partial charge in [-0.25, -0.2) is 4.79 Å². The highest BCUT2D eigenvalue weighted by Crippen LogP contribution is 2.19. The Kier molecular flexibility index (Phi) is 2.66. The molecule has 2 rings (SSSR count). The zero-order valence-electron chi connectivity index (χ0n) is 9.23. The van der Waals surface area contributed by atoms with Crippen LogP contribution in [0, 0.1) is 0 Å². The summed E-state index contributed by atoms with van der Waals surface area (Å²) in [5, 5.41) is 10.1. The molecule has 0 atom stereocenters. The molecule has 0 aliphatic rings. The predicted molar refractivity (Wildman–Crippen MR) is 61.5 cm³/mol. The third-order valence-corrected chi connectivity index (χ3v) is 2.28. The Hall–Kier alpha value is -1.81. The fourth-order valence-electron chi connectivity index (χ4n) is 1.59. The summed E-state index contributed by atoms with van der Waals surface area (Å²) in [6, 6.07) is 6.53. The molecule has 4 nitrogen and oxygen atoms in total. The highest BCUT2D eigenvalue weighted by Gasteiger charge is 2.06. The second-order valence-electron chi connectivity index (χ2n) is 4.02. The Morgan fingerprint density at radius 3 is 2.75 bits per heavy atom. The lowest BCUT2D eigenvalue weighted by Crippen LogP contribution is -2.17. The van der Waals surface area contributed by atoms with E-state index in [9.17, 15) is 9.90 Å². The fourth-order valence-corrected chi connectivity index (χ4v) is 1.59. The van der Waals surface area contributed by atoms with Crippen molar-refractivity contribution in [1.82, 2.24) is 4.90 Å². The smallest absolute Gasteiger partial charge is 0.340 e. The number of nitrogens with zero attached hydrogens (tertiary/aromatic N) is 1. The van der Waals surface area contributed by atoms with Crippen molar-refractivity contribution in [2.24, 2.45) is 0 Å². The molecule has 16 heavy (non-hydrogen) atoms. The molecule has 1 N–H and O–H groups in total. The summed E-state index contributed by atoms with van der Waals surface area (Å²) in [7, 11) is 3.78. The van der Waals surface area contributed by atoms with E-state index in [1.165, 1.54) is 6.07 Å². The van der Waals surface area contributed by atoms with Crippen molar-refractivity contribution in [1.29, 1.82) is 0 Å². The molecule has 1 aromatic heterocycles. The number of phenolic OH excluding ortho intramolecular Hbond substituents is 1. The molecular weight excluding hydrogens is 206 g/mol. The molecule has 4 heteroatoms. The van der Waals surface area contributed by atoms with Crippen LogP contribution in [0.15, 0.2) is 33.5 Å². The molecule has 0 saturated heterocycles. The molecule has 84 valence electrons. The average Bonchev–Trinajstić information content (AvgIpc) is 2.19. The van der Waals surface area contributed by atoms with E-state index in [1.807, 2.05) is 19.0 Å². The molecule has 1 heterocycles. The van der Waals surface area contributed by atoms with Gasteiger partial charge in [-0.05, 0) is 32.3 Å². The Morgan fingerprint density at radius 1 is 1.31 bits per heavy atom. The molecule has 0 bridgehead atoms. The van der Waals surface area contributed by atoms with E-state index in [0.717, 1.165) is 5.39 Å². The fraction of sp³-hybridized carbons (Fsp3) is 0.250. The summed E-state index contributed by atoms with van der Waals surface area (Å²) >= 11 is 0. The van der Waals surface area contributed by atoms with Gasteiger partial charge in [0.05, 0.1) is 5.56 Å². The number of benzene rings is 1. The van der Waals surface area contributed by atoms with Gasteiger partial charge in [-0.1, -0.05) is 0 Å². The van der Waals surface area contributed by atoms with Gasteiger partial charge in [0, 0.05) is 18.0 Å². The number of hydrogen-bond donors (Lipinski definition) is 1. The van der Waals surface area contributed by atoms with Gasteiger partial charge in [-0.2, -0.15) is 0 Å². The van der Waals surface area contributed by atoms with Gasteiger partial charge in [-0.3, -0.25) is 0 Å². The Balaban J connectivity index is 2.58. The van der Waals surface area contributed by atoms with Crippen LogP contribution in [0.4, 0.5) is 0 Å². The first-order valence-corrected chi connectivity index (χ1v) is 4.97. The van der Waals surface area contributed by atoms with Crippen molar-refractivity contribution in [2.45, 2.75) is 6.54 Å². The first-order chi connectivity index (χ1) is 7.56. The minimum absolute atomic E-state index is 0.0935. The van der Waals surface area contributed by atoms with Crippen LogP contribution < -0.4 is 5.63 Å². The largest absolute Gasteiger partial charge is 0.508 e. The van der Waals surface area contributed by atoms with Crippen molar-refractivity contribution in [3.8, 4) is 5.75 Å². The van der Waals surface area contributed by atoms with Gasteiger partial charge >= 0.3 is 5.63 Å². The first-order valence-electron chi connectivity index (χ1n) is 4.97. The zero-order valence-corrected chi connectivity index (χ0v) is 9.23. The number of hydrogen-bond acceptors (Lipinski definition) is 4. The topological polar surface area (TPSA) is 53.7 Å². The van der Waals surface area contributed by atoms with Crippen LogP contribution in [-0.4, -0.2) is 24.1 Å². The summed E-state index contributed by atoms with van der Waals surface area (Å²) < 4.78 is 5.13. The molecule has 0 aliphatic heterocycles. The number of aromatic hydroxyl groups is 1. The lowest BCUT2D eigenvalue weighted by Gasteiger charge is -2.08. The molecule has 0 amide bonds. The third-order valence-electron chi connectivity index (χ3n) is 2.28. The van der Waals surface area contributed by atoms with Crippen molar-refractivity contribution >= 4 is 11.0 Å². The Morgan fingerprint density at radius 2 is 2.06 bits per heavy atom. The van der Waals surface area contributed by atoms with E-state index in [1.54, 1.807) is 18.2 Å². The lowest BCUT2D eigenvalue weighted by molar-refractivity contribution is 0.392. The molecule has 0 unspecified atom stereocenters. The lowest BCUT2D eigenvalue weighted by atomic mass is 10.2. The van der Waals surface area contributed by atoms with Crippen LogP contribution in [0.1, 0.15) is 5.56 Å². The number of rotatable bonds is 2. The zero-order chi connectivity index (χ0) is 11.7. The highest BCUT2D eigenvalue weighted by atomic mass is 16.4. The van der Waals surface area contributed by atoms with Crippen LogP contribution in [0.3, 0.4) is 0 Å². The van der Waals surface area contributed by atoms with E-state index in [2.05, 4.69) is 0 Å². The quantitative estimate of drug-likeness (QED) is 0.779. The summed E-state index contributed by atoms with van der Waals surface area (Å²) in [4.78, 5) is 13.5. The molecule has 0 radical (unpaired) electrons. The van der Waals surface area contributed by atoms with Crippen LogP contribution >= 0.6 is 0 Å². The van der Waals surface area contributed by atoms with Crippen LogP contribution in [0.5, 0.6) is 5.75 Å².